The van der Waals surface area contributed by atoms with E-state index >= 15 is 0 Å². The number of hydrogen-bond acceptors (Lipinski definition) is 4. The number of carbonyl (C=O) groups is 1. The van der Waals surface area contributed by atoms with E-state index in [1.165, 1.54) is 18.6 Å². The van der Waals surface area contributed by atoms with E-state index in [4.69, 9.17) is 34.8 Å². The van der Waals surface area contributed by atoms with Crippen LogP contribution < -0.4 is 0 Å². The first kappa shape index (κ1) is 22.3. The van der Waals surface area contributed by atoms with Crippen LogP contribution in [0.25, 0.3) is 0 Å². The summed E-state index contributed by atoms with van der Waals surface area (Å²) in [5.41, 5.74) is 0.517. The molecule has 0 aliphatic carbocycles. The molecule has 156 valence electrons. The minimum Gasteiger partial charge on any atom is -0.337 e. The average Bonchev–Trinajstić information content (AvgIpc) is 2.63. The number of halogens is 3. The Labute approximate surface area is 185 Å². The zero-order valence-electron chi connectivity index (χ0n) is 15.7. The summed E-state index contributed by atoms with van der Waals surface area (Å²) in [7, 11) is -3.82. The van der Waals surface area contributed by atoms with E-state index in [2.05, 4.69) is 4.98 Å². The lowest BCUT2D eigenvalue weighted by molar-refractivity contribution is 0.0736. The van der Waals surface area contributed by atoms with Gasteiger partial charge in [0.2, 0.25) is 0 Å². The standard InChI is InChI=1S/C20H21Cl3N2O3S/c21-15-11-17(23)19(12-16(15)22)29(27,28)13-14-7-6-8-18(24-14)20(26)25-9-4-2-1-3-5-10-25/h6-8,11-12H,1-5,9-10,13H2. The number of carbonyl (C=O) groups excluding carboxylic acids is 1. The lowest BCUT2D eigenvalue weighted by Crippen LogP contribution is -2.34. The van der Waals surface area contributed by atoms with Crippen molar-refractivity contribution in [1.82, 2.24) is 9.88 Å². The molecule has 5 nitrogen and oxygen atoms in total. The molecule has 1 saturated heterocycles. The van der Waals surface area contributed by atoms with Crippen LogP contribution in [0.4, 0.5) is 0 Å². The highest BCUT2D eigenvalue weighted by molar-refractivity contribution is 7.90. The fourth-order valence-corrected chi connectivity index (χ4v) is 5.63. The summed E-state index contributed by atoms with van der Waals surface area (Å²) in [6.45, 7) is 1.39. The van der Waals surface area contributed by atoms with Gasteiger partial charge in [-0.3, -0.25) is 4.79 Å². The number of nitrogens with zero attached hydrogens (tertiary/aromatic N) is 2. The highest BCUT2D eigenvalue weighted by Gasteiger charge is 2.23. The van der Waals surface area contributed by atoms with Crippen molar-refractivity contribution in [2.24, 2.45) is 0 Å². The maximum Gasteiger partial charge on any atom is 0.272 e. The quantitative estimate of drug-likeness (QED) is 0.554. The maximum atomic E-state index is 12.8. The van der Waals surface area contributed by atoms with Gasteiger partial charge >= 0.3 is 0 Å². The first-order valence-electron chi connectivity index (χ1n) is 9.40. The average molecular weight is 476 g/mol. The molecule has 0 unspecified atom stereocenters. The normalized spacial score (nSPS) is 15.6. The topological polar surface area (TPSA) is 67.3 Å². The van der Waals surface area contributed by atoms with Crippen molar-refractivity contribution in [2.45, 2.75) is 42.8 Å². The Morgan fingerprint density at radius 1 is 0.931 bits per heavy atom. The summed E-state index contributed by atoms with van der Waals surface area (Å²) in [4.78, 5) is 18.8. The molecule has 29 heavy (non-hydrogen) atoms. The summed E-state index contributed by atoms with van der Waals surface area (Å²) in [6.07, 6.45) is 5.36. The fourth-order valence-electron chi connectivity index (χ4n) is 3.31. The van der Waals surface area contributed by atoms with E-state index in [1.807, 2.05) is 0 Å². The predicted octanol–water partition coefficient (Wildman–Crippen LogP) is 5.42. The van der Waals surface area contributed by atoms with Gasteiger partial charge in [-0.2, -0.15) is 0 Å². The zero-order chi connectivity index (χ0) is 21.0. The molecule has 9 heteroatoms. The van der Waals surface area contributed by atoms with Crippen molar-refractivity contribution in [3.8, 4) is 0 Å². The van der Waals surface area contributed by atoms with E-state index < -0.39 is 15.6 Å². The number of benzene rings is 1. The Bertz CT molecular complexity index is 1000. The number of rotatable bonds is 4. The molecule has 1 aromatic heterocycles. The Kier molecular flexibility index (Phi) is 7.43. The molecule has 2 heterocycles. The lowest BCUT2D eigenvalue weighted by Gasteiger charge is -2.24. The van der Waals surface area contributed by atoms with Crippen LogP contribution in [-0.4, -0.2) is 37.3 Å². The van der Waals surface area contributed by atoms with E-state index in [-0.39, 0.29) is 37.3 Å². The van der Waals surface area contributed by atoms with Gasteiger partial charge in [0.05, 0.1) is 31.4 Å². The number of amides is 1. The van der Waals surface area contributed by atoms with Crippen molar-refractivity contribution < 1.29 is 13.2 Å². The Hall–Kier alpha value is -1.34. The van der Waals surface area contributed by atoms with Crippen LogP contribution >= 0.6 is 34.8 Å². The van der Waals surface area contributed by atoms with Crippen LogP contribution in [0.3, 0.4) is 0 Å². The fraction of sp³-hybridized carbons (Fsp3) is 0.400. The summed E-state index contributed by atoms with van der Waals surface area (Å²) < 4.78 is 25.7. The second-order valence-electron chi connectivity index (χ2n) is 7.03. The third-order valence-electron chi connectivity index (χ3n) is 4.82. The van der Waals surface area contributed by atoms with Gasteiger partial charge in [0.25, 0.3) is 5.91 Å². The number of pyridine rings is 1. The number of sulfone groups is 1. The van der Waals surface area contributed by atoms with Crippen molar-refractivity contribution >= 4 is 50.5 Å². The van der Waals surface area contributed by atoms with E-state index in [1.54, 1.807) is 23.1 Å². The third kappa shape index (κ3) is 5.63. The van der Waals surface area contributed by atoms with Crippen LogP contribution in [0.2, 0.25) is 15.1 Å². The summed E-state index contributed by atoms with van der Waals surface area (Å²) in [6, 6.07) is 7.37. The van der Waals surface area contributed by atoms with Crippen LogP contribution in [0, 0.1) is 0 Å². The molecule has 2 aromatic rings. The monoisotopic (exact) mass is 474 g/mol. The van der Waals surface area contributed by atoms with Crippen molar-refractivity contribution in [3.63, 3.8) is 0 Å². The molecule has 0 spiro atoms. The van der Waals surface area contributed by atoms with Crippen molar-refractivity contribution in [1.29, 1.82) is 0 Å². The van der Waals surface area contributed by atoms with Gasteiger partial charge in [0, 0.05) is 13.1 Å². The Morgan fingerprint density at radius 3 is 2.24 bits per heavy atom. The van der Waals surface area contributed by atoms with Crippen LogP contribution in [0.15, 0.2) is 35.2 Å². The number of likely N-dealkylation sites (tertiary alicyclic amines) is 1. The SMILES string of the molecule is O=C(c1cccc(CS(=O)(=O)c2cc(Cl)c(Cl)cc2Cl)n1)N1CCCCCCC1. The summed E-state index contributed by atoms with van der Waals surface area (Å²) in [5, 5.41) is 0.269. The number of hydrogen-bond donors (Lipinski definition) is 0. The van der Waals surface area contributed by atoms with Gasteiger partial charge in [-0.15, -0.1) is 0 Å². The smallest absolute Gasteiger partial charge is 0.272 e. The van der Waals surface area contributed by atoms with Crippen molar-refractivity contribution in [2.75, 3.05) is 13.1 Å². The lowest BCUT2D eigenvalue weighted by atomic mass is 10.1. The predicted molar refractivity (Wildman–Crippen MR) is 116 cm³/mol. The van der Waals surface area contributed by atoms with E-state index in [9.17, 15) is 13.2 Å². The summed E-state index contributed by atoms with van der Waals surface area (Å²) in [5.74, 6) is -0.565. The van der Waals surface area contributed by atoms with Gasteiger partial charge < -0.3 is 4.90 Å². The van der Waals surface area contributed by atoms with Crippen LogP contribution in [0.5, 0.6) is 0 Å². The van der Waals surface area contributed by atoms with Gasteiger partial charge in [-0.05, 0) is 37.1 Å². The molecule has 1 amide bonds. The van der Waals surface area contributed by atoms with Gasteiger partial charge in [0.15, 0.2) is 9.84 Å². The van der Waals surface area contributed by atoms with E-state index in [0.29, 0.717) is 13.1 Å². The minimum absolute atomic E-state index is 0.00716. The Morgan fingerprint density at radius 2 is 1.55 bits per heavy atom. The molecular weight excluding hydrogens is 455 g/mol. The minimum atomic E-state index is -3.82. The van der Waals surface area contributed by atoms with E-state index in [0.717, 1.165) is 25.7 Å². The molecule has 1 aromatic carbocycles. The Balaban J connectivity index is 1.82. The van der Waals surface area contributed by atoms with Gasteiger partial charge in [-0.1, -0.05) is 60.1 Å². The highest BCUT2D eigenvalue weighted by atomic mass is 35.5. The molecule has 0 atom stereocenters. The largest absolute Gasteiger partial charge is 0.337 e. The third-order valence-corrected chi connectivity index (χ3v) is 7.65. The maximum absolute atomic E-state index is 12.8. The zero-order valence-corrected chi connectivity index (χ0v) is 18.8. The molecule has 0 N–H and O–H groups in total. The van der Waals surface area contributed by atoms with Crippen LogP contribution in [0.1, 0.15) is 48.3 Å². The molecule has 0 radical (unpaired) electrons. The van der Waals surface area contributed by atoms with Crippen LogP contribution in [-0.2, 0) is 15.6 Å². The molecule has 1 fully saturated rings. The first-order valence-corrected chi connectivity index (χ1v) is 12.2. The highest BCUT2D eigenvalue weighted by Crippen LogP contribution is 2.33. The van der Waals surface area contributed by atoms with Gasteiger partial charge in [0.1, 0.15) is 5.69 Å². The van der Waals surface area contributed by atoms with Gasteiger partial charge in [-0.25, -0.2) is 13.4 Å². The molecule has 3 rings (SSSR count). The summed E-state index contributed by atoms with van der Waals surface area (Å²) >= 11 is 17.9. The first-order chi connectivity index (χ1) is 13.8. The molecule has 0 saturated carbocycles. The molecule has 1 aliphatic rings. The molecular formula is C20H21Cl3N2O3S. The second-order valence-corrected chi connectivity index (χ2v) is 10.2. The number of aromatic nitrogens is 1. The van der Waals surface area contributed by atoms with Crippen molar-refractivity contribution in [3.05, 3.63) is 56.8 Å². The second kappa shape index (κ2) is 9.65. The molecule has 0 bridgehead atoms. The molecule has 1 aliphatic heterocycles.